The molecule has 25 heavy (non-hydrogen) atoms. The van der Waals surface area contributed by atoms with Crippen LogP contribution in [0.5, 0.6) is 0 Å². The average Bonchev–Trinajstić information content (AvgIpc) is 3.19. The summed E-state index contributed by atoms with van der Waals surface area (Å²) in [5.41, 5.74) is 6.75. The van der Waals surface area contributed by atoms with E-state index in [4.69, 9.17) is 10.2 Å². The second-order valence-corrected chi connectivity index (χ2v) is 6.02. The van der Waals surface area contributed by atoms with Crippen LogP contribution in [0.1, 0.15) is 17.0 Å². The third-order valence-corrected chi connectivity index (χ3v) is 4.41. The van der Waals surface area contributed by atoms with Crippen LogP contribution >= 0.6 is 0 Å². The van der Waals surface area contributed by atoms with E-state index in [2.05, 4.69) is 20.0 Å². The fraction of sp³-hybridized carbons (Fsp3) is 0.375. The average molecular weight is 341 g/mol. The zero-order valence-corrected chi connectivity index (χ0v) is 13.9. The SMILES string of the molecule is Cn1ncc2c(N)nc(N3CCCN(C(=O)c4ccco4)CC3)nc21. The lowest BCUT2D eigenvalue weighted by molar-refractivity contribution is 0.0735. The van der Waals surface area contributed by atoms with Crippen molar-refractivity contribution in [2.75, 3.05) is 36.8 Å². The normalized spacial score (nSPS) is 15.6. The molecule has 1 aliphatic rings. The third kappa shape index (κ3) is 2.77. The molecule has 4 heterocycles. The number of amides is 1. The molecule has 0 radical (unpaired) electrons. The van der Waals surface area contributed by atoms with Gasteiger partial charge in [-0.05, 0) is 18.6 Å². The first-order chi connectivity index (χ1) is 12.1. The Balaban J connectivity index is 1.55. The van der Waals surface area contributed by atoms with Gasteiger partial charge in [-0.3, -0.25) is 9.48 Å². The molecule has 3 aromatic heterocycles. The van der Waals surface area contributed by atoms with Gasteiger partial charge in [-0.2, -0.15) is 15.1 Å². The van der Waals surface area contributed by atoms with Crippen LogP contribution in [0.3, 0.4) is 0 Å². The van der Waals surface area contributed by atoms with Gasteiger partial charge < -0.3 is 20.0 Å². The van der Waals surface area contributed by atoms with Crippen molar-refractivity contribution in [3.05, 3.63) is 30.4 Å². The molecule has 0 aliphatic carbocycles. The Morgan fingerprint density at radius 2 is 2.12 bits per heavy atom. The van der Waals surface area contributed by atoms with Gasteiger partial charge in [0, 0.05) is 33.2 Å². The number of fused-ring (bicyclic) bond motifs is 1. The number of hydrogen-bond acceptors (Lipinski definition) is 7. The maximum absolute atomic E-state index is 12.4. The topological polar surface area (TPSA) is 106 Å². The Kier molecular flexibility index (Phi) is 3.75. The predicted octanol–water partition coefficient (Wildman–Crippen LogP) is 0.891. The molecule has 3 aromatic rings. The van der Waals surface area contributed by atoms with Crippen LogP contribution in [-0.2, 0) is 7.05 Å². The summed E-state index contributed by atoms with van der Waals surface area (Å²) < 4.78 is 6.90. The zero-order valence-electron chi connectivity index (χ0n) is 13.9. The molecule has 0 saturated carbocycles. The highest BCUT2D eigenvalue weighted by atomic mass is 16.3. The van der Waals surface area contributed by atoms with Crippen LogP contribution in [0.2, 0.25) is 0 Å². The lowest BCUT2D eigenvalue weighted by Gasteiger charge is -2.21. The van der Waals surface area contributed by atoms with Gasteiger partial charge in [0.15, 0.2) is 11.4 Å². The lowest BCUT2D eigenvalue weighted by Crippen LogP contribution is -2.35. The molecular formula is C16H19N7O2. The molecular weight excluding hydrogens is 322 g/mol. The van der Waals surface area contributed by atoms with Gasteiger partial charge >= 0.3 is 0 Å². The number of nitrogens with two attached hydrogens (primary N) is 1. The van der Waals surface area contributed by atoms with Gasteiger partial charge in [0.2, 0.25) is 5.95 Å². The number of carbonyl (C=O) groups is 1. The van der Waals surface area contributed by atoms with Gasteiger partial charge in [-0.15, -0.1) is 0 Å². The Hall–Kier alpha value is -3.10. The molecule has 130 valence electrons. The molecule has 4 rings (SSSR count). The number of nitrogens with zero attached hydrogens (tertiary/aromatic N) is 6. The number of furan rings is 1. The number of hydrogen-bond donors (Lipinski definition) is 1. The third-order valence-electron chi connectivity index (χ3n) is 4.41. The van der Waals surface area contributed by atoms with Crippen molar-refractivity contribution < 1.29 is 9.21 Å². The molecule has 1 aliphatic heterocycles. The first kappa shape index (κ1) is 15.4. The largest absolute Gasteiger partial charge is 0.459 e. The van der Waals surface area contributed by atoms with Gasteiger partial charge in [0.25, 0.3) is 5.91 Å². The molecule has 9 nitrogen and oxygen atoms in total. The summed E-state index contributed by atoms with van der Waals surface area (Å²) in [5.74, 6) is 1.27. The van der Waals surface area contributed by atoms with Crippen LogP contribution < -0.4 is 10.6 Å². The number of rotatable bonds is 2. The van der Waals surface area contributed by atoms with Crippen LogP contribution in [0.4, 0.5) is 11.8 Å². The predicted molar refractivity (Wildman–Crippen MR) is 92.2 cm³/mol. The fourth-order valence-electron chi connectivity index (χ4n) is 3.05. The second kappa shape index (κ2) is 6.08. The van der Waals surface area contributed by atoms with E-state index in [1.54, 1.807) is 27.9 Å². The molecule has 1 saturated heterocycles. The van der Waals surface area contributed by atoms with E-state index in [1.165, 1.54) is 6.26 Å². The van der Waals surface area contributed by atoms with Gasteiger partial charge in [0.05, 0.1) is 17.8 Å². The van der Waals surface area contributed by atoms with Crippen molar-refractivity contribution in [2.45, 2.75) is 6.42 Å². The second-order valence-electron chi connectivity index (χ2n) is 6.02. The zero-order chi connectivity index (χ0) is 17.4. The van der Waals surface area contributed by atoms with Crippen molar-refractivity contribution in [2.24, 2.45) is 7.05 Å². The highest BCUT2D eigenvalue weighted by Gasteiger charge is 2.23. The minimum atomic E-state index is -0.0885. The van der Waals surface area contributed by atoms with Crippen molar-refractivity contribution in [3.8, 4) is 0 Å². The number of anilines is 2. The standard InChI is InChI=1S/C16H19N7O2/c1-21-14-11(10-18-21)13(17)19-16(20-14)23-6-3-5-22(7-8-23)15(24)12-4-2-9-25-12/h2,4,9-10H,3,5-8H2,1H3,(H2,17,19,20). The highest BCUT2D eigenvalue weighted by molar-refractivity contribution is 5.91. The van der Waals surface area contributed by atoms with Crippen LogP contribution in [0.25, 0.3) is 11.0 Å². The summed E-state index contributed by atoms with van der Waals surface area (Å²) in [6, 6.07) is 3.40. The summed E-state index contributed by atoms with van der Waals surface area (Å²) in [6.45, 7) is 2.63. The number of aryl methyl sites for hydroxylation is 1. The first-order valence-electron chi connectivity index (χ1n) is 8.16. The lowest BCUT2D eigenvalue weighted by atomic mass is 10.3. The summed E-state index contributed by atoms with van der Waals surface area (Å²) in [6.07, 6.45) is 4.00. The van der Waals surface area contributed by atoms with E-state index in [0.717, 1.165) is 18.4 Å². The van der Waals surface area contributed by atoms with E-state index in [0.29, 0.717) is 42.8 Å². The first-order valence-corrected chi connectivity index (χ1v) is 8.16. The van der Waals surface area contributed by atoms with Crippen molar-refractivity contribution in [3.63, 3.8) is 0 Å². The minimum Gasteiger partial charge on any atom is -0.459 e. The molecule has 0 bridgehead atoms. The van der Waals surface area contributed by atoms with Gasteiger partial charge in [-0.1, -0.05) is 0 Å². The quantitative estimate of drug-likeness (QED) is 0.738. The monoisotopic (exact) mass is 341 g/mol. The number of carbonyl (C=O) groups excluding carboxylic acids is 1. The molecule has 0 unspecified atom stereocenters. The van der Waals surface area contributed by atoms with Crippen molar-refractivity contribution in [1.82, 2.24) is 24.6 Å². The van der Waals surface area contributed by atoms with E-state index in [-0.39, 0.29) is 5.91 Å². The van der Waals surface area contributed by atoms with Crippen LogP contribution in [-0.4, -0.2) is 56.7 Å². The minimum absolute atomic E-state index is 0.0885. The Bertz CT molecular complexity index is 903. The van der Waals surface area contributed by atoms with E-state index in [1.807, 2.05) is 7.05 Å². The van der Waals surface area contributed by atoms with E-state index >= 15 is 0 Å². The summed E-state index contributed by atoms with van der Waals surface area (Å²) in [4.78, 5) is 25.3. The number of nitrogen functional groups attached to an aromatic ring is 1. The molecule has 0 spiro atoms. The highest BCUT2D eigenvalue weighted by Crippen LogP contribution is 2.21. The van der Waals surface area contributed by atoms with E-state index in [9.17, 15) is 4.79 Å². The Morgan fingerprint density at radius 3 is 2.92 bits per heavy atom. The molecule has 9 heteroatoms. The smallest absolute Gasteiger partial charge is 0.289 e. The Labute approximate surface area is 144 Å². The molecule has 0 aromatic carbocycles. The molecule has 1 fully saturated rings. The molecule has 2 N–H and O–H groups in total. The maximum Gasteiger partial charge on any atom is 0.289 e. The van der Waals surface area contributed by atoms with Crippen molar-refractivity contribution >= 4 is 28.7 Å². The van der Waals surface area contributed by atoms with Crippen LogP contribution in [0.15, 0.2) is 29.0 Å². The number of aromatic nitrogens is 4. The van der Waals surface area contributed by atoms with Gasteiger partial charge in [-0.25, -0.2) is 0 Å². The summed E-state index contributed by atoms with van der Waals surface area (Å²) >= 11 is 0. The Morgan fingerprint density at radius 1 is 1.24 bits per heavy atom. The molecule has 1 amide bonds. The van der Waals surface area contributed by atoms with Gasteiger partial charge in [0.1, 0.15) is 5.82 Å². The maximum atomic E-state index is 12.4. The summed E-state index contributed by atoms with van der Waals surface area (Å²) in [5, 5.41) is 4.92. The molecule has 0 atom stereocenters. The van der Waals surface area contributed by atoms with Crippen LogP contribution in [0, 0.1) is 0 Å². The van der Waals surface area contributed by atoms with E-state index < -0.39 is 0 Å². The van der Waals surface area contributed by atoms with Crippen molar-refractivity contribution in [1.29, 1.82) is 0 Å². The summed E-state index contributed by atoms with van der Waals surface area (Å²) in [7, 11) is 1.82. The fourth-order valence-corrected chi connectivity index (χ4v) is 3.05.